The quantitative estimate of drug-likeness (QED) is 0.708. The first-order valence-corrected chi connectivity index (χ1v) is 8.80. The number of anilines is 2. The van der Waals surface area contributed by atoms with Gasteiger partial charge in [-0.2, -0.15) is 0 Å². The normalized spacial score (nSPS) is 13.2. The van der Waals surface area contributed by atoms with Crippen molar-refractivity contribution in [1.29, 1.82) is 0 Å². The van der Waals surface area contributed by atoms with Crippen molar-refractivity contribution in [2.24, 2.45) is 0 Å². The highest BCUT2D eigenvalue weighted by atomic mass is 16.5. The van der Waals surface area contributed by atoms with Gasteiger partial charge in [-0.25, -0.2) is 4.79 Å². The van der Waals surface area contributed by atoms with Gasteiger partial charge in [0.25, 0.3) is 5.91 Å². The number of para-hydroxylation sites is 2. The number of fused-ring (bicyclic) bond motifs is 2. The summed E-state index contributed by atoms with van der Waals surface area (Å²) in [5.41, 5.74) is 2.68. The fourth-order valence-corrected chi connectivity index (χ4v) is 3.33. The SMILES string of the molecule is Cc1cc(=O)oc2c(C)c(OCC(=O)N3CC(=O)Nc4ccccc43)ccc12. The Morgan fingerprint density at radius 2 is 1.96 bits per heavy atom. The van der Waals surface area contributed by atoms with Crippen molar-refractivity contribution in [3.05, 3.63) is 64.0 Å². The van der Waals surface area contributed by atoms with Crippen LogP contribution < -0.4 is 20.6 Å². The molecule has 0 bridgehead atoms. The zero-order valence-corrected chi connectivity index (χ0v) is 15.4. The molecule has 7 nitrogen and oxygen atoms in total. The number of hydrogen-bond donors (Lipinski definition) is 1. The summed E-state index contributed by atoms with van der Waals surface area (Å²) >= 11 is 0. The minimum absolute atomic E-state index is 0.0655. The maximum Gasteiger partial charge on any atom is 0.336 e. The first-order valence-electron chi connectivity index (χ1n) is 8.80. The van der Waals surface area contributed by atoms with E-state index in [1.165, 1.54) is 11.0 Å². The molecule has 2 heterocycles. The molecular formula is C21H18N2O5. The molecule has 1 N–H and O–H groups in total. The summed E-state index contributed by atoms with van der Waals surface area (Å²) in [6.07, 6.45) is 0. The van der Waals surface area contributed by atoms with Gasteiger partial charge in [-0.1, -0.05) is 12.1 Å². The minimum Gasteiger partial charge on any atom is -0.483 e. The third-order valence-electron chi connectivity index (χ3n) is 4.74. The Bertz CT molecular complexity index is 1170. The van der Waals surface area contributed by atoms with E-state index in [1.54, 1.807) is 43.3 Å². The number of hydrogen-bond acceptors (Lipinski definition) is 5. The van der Waals surface area contributed by atoms with E-state index in [-0.39, 0.29) is 25.0 Å². The van der Waals surface area contributed by atoms with Gasteiger partial charge in [-0.15, -0.1) is 0 Å². The second kappa shape index (κ2) is 6.84. The van der Waals surface area contributed by atoms with E-state index < -0.39 is 5.63 Å². The Morgan fingerprint density at radius 3 is 2.79 bits per heavy atom. The molecule has 1 aromatic heterocycles. The minimum atomic E-state index is -0.433. The Hall–Kier alpha value is -3.61. The van der Waals surface area contributed by atoms with Gasteiger partial charge in [0.1, 0.15) is 17.9 Å². The number of carbonyl (C=O) groups is 2. The summed E-state index contributed by atoms with van der Waals surface area (Å²) in [5.74, 6) is -0.150. The van der Waals surface area contributed by atoms with E-state index in [0.29, 0.717) is 28.3 Å². The number of nitrogens with zero attached hydrogens (tertiary/aromatic N) is 1. The predicted octanol–water partition coefficient (Wildman–Crippen LogP) is 2.77. The molecule has 0 saturated heterocycles. The van der Waals surface area contributed by atoms with Gasteiger partial charge < -0.3 is 14.5 Å². The lowest BCUT2D eigenvalue weighted by Gasteiger charge is -2.29. The Kier molecular flexibility index (Phi) is 4.35. The highest BCUT2D eigenvalue weighted by Gasteiger charge is 2.27. The molecule has 1 aliphatic heterocycles. The fourth-order valence-electron chi connectivity index (χ4n) is 3.33. The van der Waals surface area contributed by atoms with Crippen LogP contribution in [0.1, 0.15) is 11.1 Å². The van der Waals surface area contributed by atoms with E-state index in [0.717, 1.165) is 10.9 Å². The molecule has 142 valence electrons. The molecule has 0 atom stereocenters. The average molecular weight is 378 g/mol. The lowest BCUT2D eigenvalue weighted by molar-refractivity contribution is -0.123. The van der Waals surface area contributed by atoms with Gasteiger partial charge in [0.15, 0.2) is 6.61 Å². The van der Waals surface area contributed by atoms with Crippen molar-refractivity contribution in [1.82, 2.24) is 0 Å². The van der Waals surface area contributed by atoms with Crippen molar-refractivity contribution >= 4 is 34.2 Å². The predicted molar refractivity (Wildman–Crippen MR) is 105 cm³/mol. The van der Waals surface area contributed by atoms with Crippen molar-refractivity contribution in [3.8, 4) is 5.75 Å². The van der Waals surface area contributed by atoms with Gasteiger partial charge in [0.2, 0.25) is 5.91 Å². The van der Waals surface area contributed by atoms with Gasteiger partial charge in [0.05, 0.1) is 11.4 Å². The number of ether oxygens (including phenoxy) is 1. The van der Waals surface area contributed by atoms with Gasteiger partial charge in [0, 0.05) is 17.0 Å². The molecule has 28 heavy (non-hydrogen) atoms. The topological polar surface area (TPSA) is 88.8 Å². The number of aryl methyl sites for hydroxylation is 2. The summed E-state index contributed by atoms with van der Waals surface area (Å²) in [5, 5.41) is 3.56. The van der Waals surface area contributed by atoms with Crippen LogP contribution in [0.5, 0.6) is 5.75 Å². The lowest BCUT2D eigenvalue weighted by Crippen LogP contribution is -2.44. The molecule has 7 heteroatoms. The summed E-state index contributed by atoms with van der Waals surface area (Å²) < 4.78 is 11.0. The van der Waals surface area contributed by atoms with E-state index in [9.17, 15) is 14.4 Å². The number of amides is 2. The van der Waals surface area contributed by atoms with Gasteiger partial charge in [-0.3, -0.25) is 14.5 Å². The van der Waals surface area contributed by atoms with Crippen molar-refractivity contribution in [2.75, 3.05) is 23.4 Å². The van der Waals surface area contributed by atoms with Gasteiger partial charge in [-0.05, 0) is 43.7 Å². The number of rotatable bonds is 3. The molecule has 2 aromatic carbocycles. The second-order valence-corrected chi connectivity index (χ2v) is 6.65. The van der Waals surface area contributed by atoms with E-state index in [1.807, 2.05) is 6.92 Å². The molecule has 0 radical (unpaired) electrons. The standard InChI is InChI=1S/C21H18N2O5/c1-12-9-20(26)28-21-13(2)17(8-7-14(12)21)27-11-19(25)23-10-18(24)22-15-5-3-4-6-16(15)23/h3-9H,10-11H2,1-2H3,(H,22,24). The molecule has 0 unspecified atom stereocenters. The van der Waals surface area contributed by atoms with E-state index in [2.05, 4.69) is 5.32 Å². The first-order chi connectivity index (χ1) is 13.4. The average Bonchev–Trinajstić information content (AvgIpc) is 2.67. The van der Waals surface area contributed by atoms with Gasteiger partial charge >= 0.3 is 5.63 Å². The maximum absolute atomic E-state index is 12.7. The summed E-state index contributed by atoms with van der Waals surface area (Å²) in [6.45, 7) is 3.30. The largest absolute Gasteiger partial charge is 0.483 e. The van der Waals surface area contributed by atoms with Crippen molar-refractivity contribution in [2.45, 2.75) is 13.8 Å². The highest BCUT2D eigenvalue weighted by molar-refractivity contribution is 6.10. The third-order valence-corrected chi connectivity index (χ3v) is 4.74. The summed E-state index contributed by atoms with van der Waals surface area (Å²) in [4.78, 5) is 37.7. The zero-order valence-electron chi connectivity index (χ0n) is 15.4. The van der Waals surface area contributed by atoms with Crippen LogP contribution in [-0.4, -0.2) is 25.0 Å². The number of carbonyl (C=O) groups excluding carboxylic acids is 2. The summed E-state index contributed by atoms with van der Waals surface area (Å²) in [7, 11) is 0. The zero-order chi connectivity index (χ0) is 19.8. The molecule has 2 amide bonds. The molecule has 3 aromatic rings. The van der Waals surface area contributed by atoms with Crippen molar-refractivity contribution < 1.29 is 18.7 Å². The van der Waals surface area contributed by atoms with Crippen LogP contribution in [-0.2, 0) is 9.59 Å². The third kappa shape index (κ3) is 3.11. The van der Waals surface area contributed by atoms with Crippen LogP contribution >= 0.6 is 0 Å². The second-order valence-electron chi connectivity index (χ2n) is 6.65. The lowest BCUT2D eigenvalue weighted by atomic mass is 10.1. The highest BCUT2D eigenvalue weighted by Crippen LogP contribution is 2.30. The van der Waals surface area contributed by atoms with Crippen LogP contribution in [0.2, 0.25) is 0 Å². The Balaban J connectivity index is 1.58. The molecule has 0 saturated carbocycles. The van der Waals surface area contributed by atoms with Crippen LogP contribution in [0.15, 0.2) is 51.7 Å². The van der Waals surface area contributed by atoms with Crippen LogP contribution in [0.4, 0.5) is 11.4 Å². The van der Waals surface area contributed by atoms with Crippen LogP contribution in [0.25, 0.3) is 11.0 Å². The van der Waals surface area contributed by atoms with Crippen LogP contribution in [0, 0.1) is 13.8 Å². The first kappa shape index (κ1) is 17.8. The molecular weight excluding hydrogens is 360 g/mol. The number of nitrogens with one attached hydrogen (secondary N) is 1. The molecule has 1 aliphatic rings. The van der Waals surface area contributed by atoms with E-state index in [4.69, 9.17) is 9.15 Å². The molecule has 0 fully saturated rings. The molecule has 0 aliphatic carbocycles. The Labute approximate surface area is 160 Å². The Morgan fingerprint density at radius 1 is 1.18 bits per heavy atom. The number of benzene rings is 2. The smallest absolute Gasteiger partial charge is 0.336 e. The van der Waals surface area contributed by atoms with E-state index >= 15 is 0 Å². The van der Waals surface area contributed by atoms with Crippen molar-refractivity contribution in [3.63, 3.8) is 0 Å². The summed E-state index contributed by atoms with van der Waals surface area (Å²) in [6, 6.07) is 12.1. The maximum atomic E-state index is 12.7. The monoisotopic (exact) mass is 378 g/mol. The van der Waals surface area contributed by atoms with Crippen LogP contribution in [0.3, 0.4) is 0 Å². The molecule has 0 spiro atoms. The molecule has 4 rings (SSSR count). The fraction of sp³-hybridized carbons (Fsp3) is 0.190.